The summed E-state index contributed by atoms with van der Waals surface area (Å²) in [5.74, 6) is 0.0286. The van der Waals surface area contributed by atoms with Crippen LogP contribution in [0.5, 0.6) is 0 Å². The largest absolute Gasteiger partial charge is 0.411 e. The molecule has 6 N–H and O–H groups in total. The van der Waals surface area contributed by atoms with Gasteiger partial charge in [-0.3, -0.25) is 5.41 Å². The first-order chi connectivity index (χ1) is 13.4. The van der Waals surface area contributed by atoms with Crippen molar-refractivity contribution in [3.05, 3.63) is 35.1 Å². The third kappa shape index (κ3) is 4.89. The normalized spacial score (nSPS) is 14.5. The molecule has 1 amide bonds. The summed E-state index contributed by atoms with van der Waals surface area (Å²) in [4.78, 5) is 19.5. The Kier molecular flexibility index (Phi) is 6.30. The van der Waals surface area contributed by atoms with Crippen molar-refractivity contribution in [2.45, 2.75) is 32.1 Å². The molecule has 1 aromatic heterocycles. The maximum atomic E-state index is 11.0. The number of rotatable bonds is 5. The predicted octanol–water partition coefficient (Wildman–Crippen LogP) is 3.79. The molecule has 0 atom stereocenters. The summed E-state index contributed by atoms with van der Waals surface area (Å²) in [6.07, 6.45) is 4.99. The molecule has 0 unspecified atom stereocenters. The highest BCUT2D eigenvalue weighted by molar-refractivity contribution is 6.30. The van der Waals surface area contributed by atoms with Crippen LogP contribution >= 0.6 is 11.6 Å². The highest BCUT2D eigenvalue weighted by Crippen LogP contribution is 2.33. The molecule has 148 valence electrons. The van der Waals surface area contributed by atoms with Crippen LogP contribution in [0.25, 0.3) is 11.3 Å². The van der Waals surface area contributed by atoms with E-state index in [0.29, 0.717) is 27.9 Å². The average Bonchev–Trinajstić information content (AvgIpc) is 2.66. The fourth-order valence-corrected chi connectivity index (χ4v) is 3.57. The summed E-state index contributed by atoms with van der Waals surface area (Å²) >= 11 is 6.13. The Morgan fingerprint density at radius 2 is 2.04 bits per heavy atom. The van der Waals surface area contributed by atoms with Gasteiger partial charge in [0.2, 0.25) is 5.82 Å². The minimum absolute atomic E-state index is 0.130. The first kappa shape index (κ1) is 19.9. The van der Waals surface area contributed by atoms with Crippen LogP contribution in [0, 0.1) is 11.3 Å². The number of hydrogen-bond donors (Lipinski definition) is 4. The van der Waals surface area contributed by atoms with Crippen molar-refractivity contribution < 1.29 is 9.53 Å². The number of hydrogen-bond acceptors (Lipinski definition) is 7. The minimum atomic E-state index is -1.11. The van der Waals surface area contributed by atoms with Crippen molar-refractivity contribution >= 4 is 35.1 Å². The summed E-state index contributed by atoms with van der Waals surface area (Å²) in [7, 11) is 0. The molecule has 0 saturated heterocycles. The molecule has 28 heavy (non-hydrogen) atoms. The van der Waals surface area contributed by atoms with Crippen LogP contribution in [-0.2, 0) is 4.74 Å². The number of benzene rings is 1. The van der Waals surface area contributed by atoms with Gasteiger partial charge in [0.15, 0.2) is 5.82 Å². The fraction of sp³-hybridized carbons (Fsp3) is 0.368. The molecule has 3 rings (SSSR count). The lowest BCUT2D eigenvalue weighted by Crippen LogP contribution is -2.22. The molecule has 2 aromatic rings. The lowest BCUT2D eigenvalue weighted by molar-refractivity contribution is 0.207. The SMILES string of the molecule is N=C(OC(N)=O)c1nc(N)c(NCC2CCCCC2)c(-c2cccc(Cl)c2)n1. The van der Waals surface area contributed by atoms with Gasteiger partial charge in [0, 0.05) is 17.1 Å². The number of ether oxygens (including phenoxy) is 1. The van der Waals surface area contributed by atoms with Crippen LogP contribution in [0.15, 0.2) is 24.3 Å². The highest BCUT2D eigenvalue weighted by Gasteiger charge is 2.20. The standard InChI is InChI=1S/C19H23ClN6O2/c20-13-8-4-7-12(9-13)14-15(24-10-11-5-2-1-3-6-11)16(21)26-18(25-14)17(22)28-19(23)27/h4,7-9,11,22,24H,1-3,5-6,10H2,(H2,23,27)(H2,21,25,26). The molecule has 8 nitrogen and oxygen atoms in total. The summed E-state index contributed by atoms with van der Waals surface area (Å²) in [5.41, 5.74) is 12.9. The number of nitrogens with zero attached hydrogens (tertiary/aromatic N) is 2. The number of nitrogen functional groups attached to an aromatic ring is 1. The Balaban J connectivity index is 1.96. The number of anilines is 2. The second-order valence-electron chi connectivity index (χ2n) is 6.80. The molecule has 0 spiro atoms. The number of aromatic nitrogens is 2. The fourth-order valence-electron chi connectivity index (χ4n) is 3.38. The summed E-state index contributed by atoms with van der Waals surface area (Å²) in [5, 5.41) is 11.8. The molecule has 0 aliphatic heterocycles. The molecular weight excluding hydrogens is 380 g/mol. The Morgan fingerprint density at radius 3 is 2.71 bits per heavy atom. The van der Waals surface area contributed by atoms with Gasteiger partial charge in [-0.05, 0) is 30.9 Å². The van der Waals surface area contributed by atoms with E-state index in [2.05, 4.69) is 20.0 Å². The average molecular weight is 403 g/mol. The molecule has 1 aromatic carbocycles. The van der Waals surface area contributed by atoms with Crippen molar-refractivity contribution in [2.24, 2.45) is 11.7 Å². The molecule has 1 aliphatic rings. The van der Waals surface area contributed by atoms with Crippen molar-refractivity contribution in [2.75, 3.05) is 17.6 Å². The molecule has 1 aliphatic carbocycles. The lowest BCUT2D eigenvalue weighted by atomic mass is 9.89. The number of halogens is 1. The van der Waals surface area contributed by atoms with E-state index < -0.39 is 12.0 Å². The van der Waals surface area contributed by atoms with Crippen LogP contribution in [0.4, 0.5) is 16.3 Å². The maximum absolute atomic E-state index is 11.0. The minimum Gasteiger partial charge on any atom is -0.388 e. The van der Waals surface area contributed by atoms with Gasteiger partial charge in [-0.15, -0.1) is 0 Å². The van der Waals surface area contributed by atoms with Gasteiger partial charge >= 0.3 is 6.09 Å². The zero-order chi connectivity index (χ0) is 20.1. The van der Waals surface area contributed by atoms with Crippen LogP contribution in [-0.4, -0.2) is 28.5 Å². The number of nitrogens with one attached hydrogen (secondary N) is 2. The van der Waals surface area contributed by atoms with Crippen LogP contribution in [0.2, 0.25) is 5.02 Å². The zero-order valence-electron chi connectivity index (χ0n) is 15.4. The van der Waals surface area contributed by atoms with Gasteiger partial charge in [0.05, 0.1) is 5.69 Å². The molecule has 1 saturated carbocycles. The monoisotopic (exact) mass is 402 g/mol. The van der Waals surface area contributed by atoms with Crippen molar-refractivity contribution in [3.8, 4) is 11.3 Å². The maximum Gasteiger partial charge on any atom is 0.411 e. The number of carbonyl (C=O) groups excluding carboxylic acids is 1. The first-order valence-electron chi connectivity index (χ1n) is 9.17. The molecule has 9 heteroatoms. The quantitative estimate of drug-likeness (QED) is 0.443. The number of primary amides is 1. The third-order valence-corrected chi connectivity index (χ3v) is 4.97. The van der Waals surface area contributed by atoms with Gasteiger partial charge in [-0.1, -0.05) is 43.0 Å². The second-order valence-corrected chi connectivity index (χ2v) is 7.24. The van der Waals surface area contributed by atoms with E-state index in [1.165, 1.54) is 32.1 Å². The Hall–Kier alpha value is -2.87. The van der Waals surface area contributed by atoms with Crippen molar-refractivity contribution in [1.82, 2.24) is 9.97 Å². The van der Waals surface area contributed by atoms with Crippen LogP contribution < -0.4 is 16.8 Å². The second kappa shape index (κ2) is 8.88. The Morgan fingerprint density at radius 1 is 1.29 bits per heavy atom. The third-order valence-electron chi connectivity index (χ3n) is 4.73. The van der Waals surface area contributed by atoms with E-state index in [9.17, 15) is 4.79 Å². The summed E-state index contributed by atoms with van der Waals surface area (Å²) in [6, 6.07) is 7.13. The van der Waals surface area contributed by atoms with Gasteiger partial charge in [-0.25, -0.2) is 14.8 Å². The summed E-state index contributed by atoms with van der Waals surface area (Å²) < 4.78 is 4.60. The summed E-state index contributed by atoms with van der Waals surface area (Å²) in [6.45, 7) is 0.760. The van der Waals surface area contributed by atoms with Crippen LogP contribution in [0.1, 0.15) is 37.9 Å². The van der Waals surface area contributed by atoms with E-state index in [1.807, 2.05) is 6.07 Å². The van der Waals surface area contributed by atoms with E-state index in [4.69, 9.17) is 28.5 Å². The zero-order valence-corrected chi connectivity index (χ0v) is 16.1. The number of amides is 1. The molecule has 0 bridgehead atoms. The molecule has 1 heterocycles. The van der Waals surface area contributed by atoms with E-state index in [-0.39, 0.29) is 11.6 Å². The van der Waals surface area contributed by atoms with Gasteiger partial charge in [0.1, 0.15) is 5.69 Å². The topological polar surface area (TPSA) is 140 Å². The highest BCUT2D eigenvalue weighted by atomic mass is 35.5. The smallest absolute Gasteiger partial charge is 0.388 e. The van der Waals surface area contributed by atoms with Crippen molar-refractivity contribution in [1.29, 1.82) is 5.41 Å². The van der Waals surface area contributed by atoms with Gasteiger partial charge in [0.25, 0.3) is 5.90 Å². The van der Waals surface area contributed by atoms with Gasteiger partial charge in [-0.2, -0.15) is 0 Å². The van der Waals surface area contributed by atoms with E-state index in [1.54, 1.807) is 18.2 Å². The first-order valence-corrected chi connectivity index (χ1v) is 9.55. The Bertz CT molecular complexity index is 883. The molecular formula is C19H23ClN6O2. The van der Waals surface area contributed by atoms with Gasteiger partial charge < -0.3 is 21.5 Å². The van der Waals surface area contributed by atoms with Crippen LogP contribution in [0.3, 0.4) is 0 Å². The molecule has 1 fully saturated rings. The Labute approximate surface area is 168 Å². The van der Waals surface area contributed by atoms with E-state index >= 15 is 0 Å². The van der Waals surface area contributed by atoms with Crippen molar-refractivity contribution in [3.63, 3.8) is 0 Å². The number of nitrogens with two attached hydrogens (primary N) is 2. The number of carbonyl (C=O) groups is 1. The van der Waals surface area contributed by atoms with E-state index in [0.717, 1.165) is 6.54 Å². The molecule has 0 radical (unpaired) electrons. The lowest BCUT2D eigenvalue weighted by Gasteiger charge is -2.23. The predicted molar refractivity (Wildman–Crippen MR) is 109 cm³/mol.